The average Bonchev–Trinajstić information content (AvgIpc) is 2.36. The Kier molecular flexibility index (Phi) is 3.55. The lowest BCUT2D eigenvalue weighted by atomic mass is 10.1. The zero-order valence-electron chi connectivity index (χ0n) is 10.0. The van der Waals surface area contributed by atoms with E-state index in [2.05, 4.69) is 5.32 Å². The zero-order chi connectivity index (χ0) is 14.0. The number of benzene rings is 2. The van der Waals surface area contributed by atoms with Crippen LogP contribution in [0.5, 0.6) is 0 Å². The largest absolute Gasteiger partial charge is 0.322 e. The van der Waals surface area contributed by atoms with E-state index in [0.717, 1.165) is 5.56 Å². The van der Waals surface area contributed by atoms with Crippen molar-refractivity contribution >= 4 is 11.6 Å². The van der Waals surface area contributed by atoms with Gasteiger partial charge in [0, 0.05) is 11.8 Å². The molecule has 0 atom stereocenters. The molecule has 0 spiro atoms. The molecule has 0 radical (unpaired) electrons. The molecule has 0 aliphatic rings. The standard InChI is InChI=1S/C14H10F3NO/c1-8-4-2-3-5-13(8)18-14(19)9-6-11(16)12(17)7-10(9)15/h2-7H,1H3,(H,18,19). The van der Waals surface area contributed by atoms with Gasteiger partial charge in [-0.2, -0.15) is 0 Å². The monoisotopic (exact) mass is 265 g/mol. The van der Waals surface area contributed by atoms with Crippen molar-refractivity contribution in [2.75, 3.05) is 5.32 Å². The first kappa shape index (κ1) is 13.1. The molecule has 0 bridgehead atoms. The third-order valence-corrected chi connectivity index (χ3v) is 2.65. The van der Waals surface area contributed by atoms with Crippen molar-refractivity contribution in [1.29, 1.82) is 0 Å². The molecule has 0 aliphatic carbocycles. The summed E-state index contributed by atoms with van der Waals surface area (Å²) < 4.78 is 39.2. The smallest absolute Gasteiger partial charge is 0.258 e. The molecule has 2 rings (SSSR count). The zero-order valence-corrected chi connectivity index (χ0v) is 10.0. The lowest BCUT2D eigenvalue weighted by molar-refractivity contribution is 0.102. The van der Waals surface area contributed by atoms with Crippen LogP contribution in [0.2, 0.25) is 0 Å². The highest BCUT2D eigenvalue weighted by atomic mass is 19.2. The molecule has 19 heavy (non-hydrogen) atoms. The van der Waals surface area contributed by atoms with Crippen LogP contribution < -0.4 is 5.32 Å². The van der Waals surface area contributed by atoms with Crippen LogP contribution in [-0.4, -0.2) is 5.91 Å². The van der Waals surface area contributed by atoms with Crippen molar-refractivity contribution in [2.24, 2.45) is 0 Å². The molecular weight excluding hydrogens is 255 g/mol. The molecule has 2 nitrogen and oxygen atoms in total. The minimum Gasteiger partial charge on any atom is -0.322 e. The van der Waals surface area contributed by atoms with Gasteiger partial charge in [0.25, 0.3) is 5.91 Å². The molecular formula is C14H10F3NO. The number of carbonyl (C=O) groups excluding carboxylic acids is 1. The number of halogens is 3. The Morgan fingerprint density at radius 2 is 1.63 bits per heavy atom. The summed E-state index contributed by atoms with van der Waals surface area (Å²) in [6, 6.07) is 7.76. The number of para-hydroxylation sites is 1. The van der Waals surface area contributed by atoms with Crippen LogP contribution in [0.4, 0.5) is 18.9 Å². The van der Waals surface area contributed by atoms with E-state index < -0.39 is 28.9 Å². The van der Waals surface area contributed by atoms with Gasteiger partial charge in [-0.15, -0.1) is 0 Å². The Balaban J connectivity index is 2.31. The molecule has 1 amide bonds. The van der Waals surface area contributed by atoms with Crippen molar-refractivity contribution in [3.63, 3.8) is 0 Å². The van der Waals surface area contributed by atoms with Gasteiger partial charge >= 0.3 is 0 Å². The van der Waals surface area contributed by atoms with Gasteiger partial charge in [-0.25, -0.2) is 13.2 Å². The third kappa shape index (κ3) is 2.76. The number of amides is 1. The first-order chi connectivity index (χ1) is 8.99. The van der Waals surface area contributed by atoms with Gasteiger partial charge in [-0.3, -0.25) is 4.79 Å². The Morgan fingerprint density at radius 1 is 1.00 bits per heavy atom. The van der Waals surface area contributed by atoms with E-state index in [-0.39, 0.29) is 0 Å². The summed E-state index contributed by atoms with van der Waals surface area (Å²) in [5.74, 6) is -4.53. The molecule has 0 fully saturated rings. The second-order valence-corrected chi connectivity index (χ2v) is 4.02. The second kappa shape index (κ2) is 5.14. The predicted octanol–water partition coefficient (Wildman–Crippen LogP) is 3.66. The third-order valence-electron chi connectivity index (χ3n) is 2.65. The number of hydrogen-bond acceptors (Lipinski definition) is 1. The van der Waals surface area contributed by atoms with Crippen molar-refractivity contribution in [2.45, 2.75) is 6.92 Å². The van der Waals surface area contributed by atoms with Gasteiger partial charge in [-0.05, 0) is 24.6 Å². The van der Waals surface area contributed by atoms with E-state index in [1.165, 1.54) is 0 Å². The van der Waals surface area contributed by atoms with E-state index >= 15 is 0 Å². The van der Waals surface area contributed by atoms with Crippen molar-refractivity contribution in [3.05, 3.63) is 65.0 Å². The van der Waals surface area contributed by atoms with E-state index in [1.54, 1.807) is 31.2 Å². The van der Waals surface area contributed by atoms with Crippen LogP contribution in [0.3, 0.4) is 0 Å². The molecule has 98 valence electrons. The Morgan fingerprint density at radius 3 is 2.32 bits per heavy atom. The summed E-state index contributed by atoms with van der Waals surface area (Å²) in [7, 11) is 0. The van der Waals surface area contributed by atoms with E-state index in [1.807, 2.05) is 0 Å². The normalized spacial score (nSPS) is 10.3. The maximum atomic E-state index is 13.4. The number of anilines is 1. The quantitative estimate of drug-likeness (QED) is 0.825. The summed E-state index contributed by atoms with van der Waals surface area (Å²) in [4.78, 5) is 11.8. The molecule has 0 aromatic heterocycles. The van der Waals surface area contributed by atoms with Crippen LogP contribution in [0.15, 0.2) is 36.4 Å². The highest BCUT2D eigenvalue weighted by molar-refractivity contribution is 6.04. The lowest BCUT2D eigenvalue weighted by Crippen LogP contribution is -2.15. The second-order valence-electron chi connectivity index (χ2n) is 4.02. The molecule has 0 unspecified atom stereocenters. The first-order valence-electron chi connectivity index (χ1n) is 5.50. The van der Waals surface area contributed by atoms with E-state index in [9.17, 15) is 18.0 Å². The van der Waals surface area contributed by atoms with Crippen LogP contribution in [0, 0.1) is 24.4 Å². The Hall–Kier alpha value is -2.30. The topological polar surface area (TPSA) is 29.1 Å². The molecule has 2 aromatic rings. The van der Waals surface area contributed by atoms with E-state index in [4.69, 9.17) is 0 Å². The highest BCUT2D eigenvalue weighted by Crippen LogP contribution is 2.18. The Labute approximate surface area is 107 Å². The number of carbonyl (C=O) groups is 1. The Bertz CT molecular complexity index is 641. The summed E-state index contributed by atoms with van der Waals surface area (Å²) in [5.41, 5.74) is 0.720. The molecule has 0 saturated carbocycles. The van der Waals surface area contributed by atoms with Gasteiger partial charge in [0.2, 0.25) is 0 Å². The van der Waals surface area contributed by atoms with Gasteiger partial charge in [0.1, 0.15) is 5.82 Å². The summed E-state index contributed by atoms with van der Waals surface area (Å²) in [5, 5.41) is 2.45. The number of hydrogen-bond donors (Lipinski definition) is 1. The summed E-state index contributed by atoms with van der Waals surface area (Å²) in [6.45, 7) is 1.76. The molecule has 5 heteroatoms. The van der Waals surface area contributed by atoms with Gasteiger partial charge < -0.3 is 5.32 Å². The van der Waals surface area contributed by atoms with Crippen molar-refractivity contribution in [3.8, 4) is 0 Å². The van der Waals surface area contributed by atoms with Crippen molar-refractivity contribution < 1.29 is 18.0 Å². The molecule has 0 saturated heterocycles. The molecule has 2 aromatic carbocycles. The fourth-order valence-corrected chi connectivity index (χ4v) is 1.60. The van der Waals surface area contributed by atoms with Gasteiger partial charge in [0.15, 0.2) is 11.6 Å². The first-order valence-corrected chi connectivity index (χ1v) is 5.50. The van der Waals surface area contributed by atoms with Crippen LogP contribution in [0.1, 0.15) is 15.9 Å². The summed E-state index contributed by atoms with van der Waals surface area (Å²) in [6.07, 6.45) is 0. The van der Waals surface area contributed by atoms with Gasteiger partial charge in [-0.1, -0.05) is 18.2 Å². The molecule has 0 heterocycles. The van der Waals surface area contributed by atoms with Crippen LogP contribution in [-0.2, 0) is 0 Å². The number of nitrogens with one attached hydrogen (secondary N) is 1. The number of rotatable bonds is 2. The fourth-order valence-electron chi connectivity index (χ4n) is 1.60. The van der Waals surface area contributed by atoms with Crippen LogP contribution >= 0.6 is 0 Å². The molecule has 1 N–H and O–H groups in total. The van der Waals surface area contributed by atoms with Crippen molar-refractivity contribution in [1.82, 2.24) is 0 Å². The summed E-state index contributed by atoms with van der Waals surface area (Å²) >= 11 is 0. The maximum Gasteiger partial charge on any atom is 0.258 e. The SMILES string of the molecule is Cc1ccccc1NC(=O)c1cc(F)c(F)cc1F. The highest BCUT2D eigenvalue weighted by Gasteiger charge is 2.16. The average molecular weight is 265 g/mol. The maximum absolute atomic E-state index is 13.4. The lowest BCUT2D eigenvalue weighted by Gasteiger charge is -2.09. The van der Waals surface area contributed by atoms with Gasteiger partial charge in [0.05, 0.1) is 5.56 Å². The number of aryl methyl sites for hydroxylation is 1. The minimum atomic E-state index is -1.33. The van der Waals surface area contributed by atoms with E-state index in [0.29, 0.717) is 17.8 Å². The predicted molar refractivity (Wildman–Crippen MR) is 65.4 cm³/mol. The minimum absolute atomic E-state index is 0.349. The molecule has 0 aliphatic heterocycles. The van der Waals surface area contributed by atoms with Crippen LogP contribution in [0.25, 0.3) is 0 Å². The fraction of sp³-hybridized carbons (Fsp3) is 0.0714.